The zero-order chi connectivity index (χ0) is 19.7. The zero-order valence-electron chi connectivity index (χ0n) is 16.9. The number of nitrogens with zero attached hydrogens (tertiary/aromatic N) is 3. The highest BCUT2D eigenvalue weighted by molar-refractivity contribution is 5.94. The molecule has 2 aliphatic heterocycles. The number of pyridine rings is 2. The minimum atomic E-state index is -0.129. The number of anilines is 1. The van der Waals surface area contributed by atoms with Crippen molar-refractivity contribution in [3.8, 4) is 5.88 Å². The number of carbonyl (C=O) groups is 1. The van der Waals surface area contributed by atoms with E-state index in [9.17, 15) is 4.79 Å². The van der Waals surface area contributed by atoms with Crippen molar-refractivity contribution in [2.75, 3.05) is 25.0 Å². The minimum absolute atomic E-state index is 0.0361. The maximum atomic E-state index is 11.4. The lowest BCUT2D eigenvalue weighted by Crippen LogP contribution is -2.38. The second kappa shape index (κ2) is 7.87. The molecule has 0 bridgehead atoms. The second-order valence-corrected chi connectivity index (χ2v) is 8.07. The first-order valence-corrected chi connectivity index (χ1v) is 10.1. The normalized spacial score (nSPS) is 20.8. The first-order valence-electron chi connectivity index (χ1n) is 10.1. The number of ether oxygens (including phenoxy) is 1. The van der Waals surface area contributed by atoms with E-state index >= 15 is 0 Å². The molecule has 4 rings (SSSR count). The molecular formula is C22H28N4O2. The number of likely N-dealkylation sites (tertiary alicyclic amines) is 1. The average molecular weight is 380 g/mol. The van der Waals surface area contributed by atoms with Crippen LogP contribution in [0.2, 0.25) is 0 Å². The smallest absolute Gasteiger partial charge is 0.262 e. The van der Waals surface area contributed by atoms with Gasteiger partial charge in [-0.25, -0.2) is 4.98 Å². The quantitative estimate of drug-likeness (QED) is 0.880. The summed E-state index contributed by atoms with van der Waals surface area (Å²) in [4.78, 5) is 23.1. The molecule has 1 amide bonds. The van der Waals surface area contributed by atoms with Gasteiger partial charge in [0.15, 0.2) is 6.61 Å². The van der Waals surface area contributed by atoms with Crippen molar-refractivity contribution >= 4 is 11.6 Å². The SMILES string of the molecule is Cc1cc(C[C@H]2CCCN([C@H](C)c3ccc4c(n3)OCC(=O)N4)C2)cc(C)n1. The second-order valence-electron chi connectivity index (χ2n) is 8.07. The predicted molar refractivity (Wildman–Crippen MR) is 108 cm³/mol. The highest BCUT2D eigenvalue weighted by Crippen LogP contribution is 2.31. The lowest BCUT2D eigenvalue weighted by molar-refractivity contribution is -0.118. The van der Waals surface area contributed by atoms with Crippen LogP contribution < -0.4 is 10.1 Å². The maximum Gasteiger partial charge on any atom is 0.262 e. The fraction of sp³-hybridized carbons (Fsp3) is 0.500. The molecule has 2 aliphatic rings. The highest BCUT2D eigenvalue weighted by Gasteiger charge is 2.27. The van der Waals surface area contributed by atoms with Crippen molar-refractivity contribution < 1.29 is 9.53 Å². The Bertz CT molecular complexity index is 863. The van der Waals surface area contributed by atoms with E-state index in [4.69, 9.17) is 4.74 Å². The Morgan fingerprint density at radius 1 is 1.25 bits per heavy atom. The van der Waals surface area contributed by atoms with Gasteiger partial charge in [-0.1, -0.05) is 0 Å². The van der Waals surface area contributed by atoms with Gasteiger partial charge in [0.2, 0.25) is 5.88 Å². The number of nitrogens with one attached hydrogen (secondary N) is 1. The number of aromatic nitrogens is 2. The fourth-order valence-electron chi connectivity index (χ4n) is 4.39. The third kappa shape index (κ3) is 4.17. The molecule has 2 aromatic heterocycles. The summed E-state index contributed by atoms with van der Waals surface area (Å²) in [6.07, 6.45) is 3.56. The van der Waals surface area contributed by atoms with Crippen LogP contribution in [-0.2, 0) is 11.2 Å². The molecule has 0 aliphatic carbocycles. The van der Waals surface area contributed by atoms with Crippen molar-refractivity contribution in [2.24, 2.45) is 5.92 Å². The van der Waals surface area contributed by atoms with Gasteiger partial charge in [-0.2, -0.15) is 0 Å². The first-order chi connectivity index (χ1) is 13.5. The Balaban J connectivity index is 1.44. The van der Waals surface area contributed by atoms with Gasteiger partial charge in [0.25, 0.3) is 5.91 Å². The van der Waals surface area contributed by atoms with Crippen molar-refractivity contribution in [1.82, 2.24) is 14.9 Å². The number of aryl methyl sites for hydroxylation is 2. The van der Waals surface area contributed by atoms with Gasteiger partial charge in [-0.3, -0.25) is 14.7 Å². The molecule has 0 aromatic carbocycles. The van der Waals surface area contributed by atoms with Crippen LogP contribution >= 0.6 is 0 Å². The molecular weight excluding hydrogens is 352 g/mol. The number of piperidine rings is 1. The summed E-state index contributed by atoms with van der Waals surface area (Å²) in [5, 5.41) is 2.80. The molecule has 0 unspecified atom stereocenters. The van der Waals surface area contributed by atoms with E-state index in [0.717, 1.165) is 36.6 Å². The zero-order valence-corrected chi connectivity index (χ0v) is 16.9. The van der Waals surface area contributed by atoms with Gasteiger partial charge in [0.05, 0.1) is 5.69 Å². The molecule has 4 heterocycles. The Hall–Kier alpha value is -2.47. The van der Waals surface area contributed by atoms with Crippen molar-refractivity contribution in [1.29, 1.82) is 0 Å². The third-order valence-electron chi connectivity index (χ3n) is 5.69. The van der Waals surface area contributed by atoms with Crippen LogP contribution in [0.15, 0.2) is 24.3 Å². The molecule has 0 saturated carbocycles. The van der Waals surface area contributed by atoms with E-state index in [1.54, 1.807) is 0 Å². The van der Waals surface area contributed by atoms with E-state index in [-0.39, 0.29) is 18.6 Å². The van der Waals surface area contributed by atoms with Crippen LogP contribution in [0.5, 0.6) is 5.88 Å². The fourth-order valence-corrected chi connectivity index (χ4v) is 4.39. The topological polar surface area (TPSA) is 67.4 Å². The Morgan fingerprint density at radius 3 is 2.82 bits per heavy atom. The molecule has 6 nitrogen and oxygen atoms in total. The van der Waals surface area contributed by atoms with Crippen LogP contribution in [0.4, 0.5) is 5.69 Å². The van der Waals surface area contributed by atoms with Gasteiger partial charge in [0, 0.05) is 24.0 Å². The molecule has 1 saturated heterocycles. The van der Waals surface area contributed by atoms with Crippen LogP contribution in [0.25, 0.3) is 0 Å². The van der Waals surface area contributed by atoms with Crippen LogP contribution in [0, 0.1) is 19.8 Å². The third-order valence-corrected chi connectivity index (χ3v) is 5.69. The van der Waals surface area contributed by atoms with Gasteiger partial charge < -0.3 is 10.1 Å². The Morgan fingerprint density at radius 2 is 2.04 bits per heavy atom. The monoisotopic (exact) mass is 380 g/mol. The van der Waals surface area contributed by atoms with Crippen molar-refractivity contribution in [3.05, 3.63) is 46.9 Å². The molecule has 6 heteroatoms. The lowest BCUT2D eigenvalue weighted by Gasteiger charge is -2.37. The molecule has 1 fully saturated rings. The van der Waals surface area contributed by atoms with Crippen LogP contribution in [0.3, 0.4) is 0 Å². The molecule has 0 spiro atoms. The Kier molecular flexibility index (Phi) is 5.31. The van der Waals surface area contributed by atoms with Gasteiger partial charge in [0.1, 0.15) is 5.69 Å². The summed E-state index contributed by atoms with van der Waals surface area (Å²) in [5.74, 6) is 1.04. The van der Waals surface area contributed by atoms with Gasteiger partial charge in [-0.05, 0) is 82.3 Å². The summed E-state index contributed by atoms with van der Waals surface area (Å²) < 4.78 is 5.49. The maximum absolute atomic E-state index is 11.4. The van der Waals surface area contributed by atoms with Crippen molar-refractivity contribution in [3.63, 3.8) is 0 Å². The molecule has 148 valence electrons. The summed E-state index contributed by atoms with van der Waals surface area (Å²) in [5.41, 5.74) is 5.24. The predicted octanol–water partition coefficient (Wildman–Crippen LogP) is 3.44. The van der Waals surface area contributed by atoms with E-state index in [1.807, 2.05) is 12.1 Å². The van der Waals surface area contributed by atoms with E-state index in [0.29, 0.717) is 17.5 Å². The number of amides is 1. The van der Waals surface area contributed by atoms with E-state index < -0.39 is 0 Å². The summed E-state index contributed by atoms with van der Waals surface area (Å²) in [6.45, 7) is 8.53. The van der Waals surface area contributed by atoms with E-state index in [2.05, 4.69) is 53.1 Å². The molecule has 28 heavy (non-hydrogen) atoms. The number of hydrogen-bond donors (Lipinski definition) is 1. The lowest BCUT2D eigenvalue weighted by atomic mass is 9.90. The number of rotatable bonds is 4. The number of fused-ring (bicyclic) bond motifs is 1. The van der Waals surface area contributed by atoms with E-state index in [1.165, 1.54) is 18.4 Å². The van der Waals surface area contributed by atoms with Gasteiger partial charge in [-0.15, -0.1) is 0 Å². The molecule has 1 N–H and O–H groups in total. The van der Waals surface area contributed by atoms with Crippen LogP contribution in [0.1, 0.15) is 48.5 Å². The molecule has 2 atom stereocenters. The average Bonchev–Trinajstić information content (AvgIpc) is 2.66. The number of hydrogen-bond acceptors (Lipinski definition) is 5. The van der Waals surface area contributed by atoms with Crippen LogP contribution in [-0.4, -0.2) is 40.5 Å². The number of carbonyl (C=O) groups excluding carboxylic acids is 1. The highest BCUT2D eigenvalue weighted by atomic mass is 16.5. The van der Waals surface area contributed by atoms with Gasteiger partial charge >= 0.3 is 0 Å². The summed E-state index contributed by atoms with van der Waals surface area (Å²) in [6, 6.07) is 8.54. The minimum Gasteiger partial charge on any atom is -0.466 e. The summed E-state index contributed by atoms with van der Waals surface area (Å²) in [7, 11) is 0. The first kappa shape index (κ1) is 18.9. The summed E-state index contributed by atoms with van der Waals surface area (Å²) >= 11 is 0. The molecule has 2 aromatic rings. The largest absolute Gasteiger partial charge is 0.466 e. The standard InChI is InChI=1S/C22H28N4O2/c1-14-9-18(10-15(2)23-14)11-17-5-4-8-26(12-17)16(3)19-6-7-20-22(25-19)28-13-21(27)24-20/h6-7,9-10,16-17H,4-5,8,11-13H2,1-3H3,(H,24,27)/t16-,17-/m1/s1. The van der Waals surface area contributed by atoms with Crippen molar-refractivity contribution in [2.45, 2.75) is 46.1 Å². The molecule has 0 radical (unpaired) electrons. The Labute approximate surface area is 166 Å².